The van der Waals surface area contributed by atoms with Gasteiger partial charge in [-0.2, -0.15) is 5.26 Å². The molecule has 3 N–H and O–H groups in total. The second kappa shape index (κ2) is 10.2. The molecule has 0 aliphatic heterocycles. The Bertz CT molecular complexity index is 1120. The Morgan fingerprint density at radius 1 is 1.12 bits per heavy atom. The molecule has 1 aromatic heterocycles. The predicted octanol–water partition coefficient (Wildman–Crippen LogP) is 4.50. The molecule has 2 amide bonds. The highest BCUT2D eigenvalue weighted by Crippen LogP contribution is 2.21. The Labute approximate surface area is 192 Å². The van der Waals surface area contributed by atoms with Gasteiger partial charge in [-0.05, 0) is 65.4 Å². The van der Waals surface area contributed by atoms with Crippen LogP contribution in [0.3, 0.4) is 0 Å². The summed E-state index contributed by atoms with van der Waals surface area (Å²) in [5, 5.41) is 13.8. The van der Waals surface area contributed by atoms with Gasteiger partial charge in [0.15, 0.2) is 0 Å². The van der Waals surface area contributed by atoms with E-state index in [1.807, 2.05) is 49.6 Å². The molecule has 0 saturated carbocycles. The van der Waals surface area contributed by atoms with E-state index in [0.717, 1.165) is 5.56 Å². The average Bonchev–Trinajstić information content (AvgIpc) is 3.34. The minimum atomic E-state index is -0.271. The zero-order valence-electron chi connectivity index (χ0n) is 18.2. The summed E-state index contributed by atoms with van der Waals surface area (Å²) < 4.78 is 0. The summed E-state index contributed by atoms with van der Waals surface area (Å²) in [6, 6.07) is 19.8. The molecule has 0 fully saturated rings. The fourth-order valence-corrected chi connectivity index (χ4v) is 3.84. The van der Waals surface area contributed by atoms with Gasteiger partial charge in [-0.1, -0.05) is 32.0 Å². The lowest BCUT2D eigenvalue weighted by Crippen LogP contribution is -2.41. The molecule has 6 nitrogen and oxygen atoms in total. The average molecular weight is 447 g/mol. The van der Waals surface area contributed by atoms with Crippen LogP contribution in [0.4, 0.5) is 5.69 Å². The second-order valence-corrected chi connectivity index (χ2v) is 9.30. The topological polar surface area (TPSA) is 99.2 Å². The number of nitrogens with two attached hydrogens (primary N) is 1. The maximum absolute atomic E-state index is 13.3. The molecule has 0 aliphatic rings. The van der Waals surface area contributed by atoms with Gasteiger partial charge in [0.2, 0.25) is 0 Å². The minimum absolute atomic E-state index is 0.135. The molecular formula is C25H26N4O2S. The molecule has 2 aromatic carbocycles. The van der Waals surface area contributed by atoms with Crippen LogP contribution >= 0.6 is 11.3 Å². The molecular weight excluding hydrogens is 420 g/mol. The normalized spacial score (nSPS) is 10.9. The summed E-state index contributed by atoms with van der Waals surface area (Å²) >= 11 is 1.38. The first-order valence-electron chi connectivity index (χ1n) is 10.2. The van der Waals surface area contributed by atoms with E-state index in [9.17, 15) is 9.59 Å². The van der Waals surface area contributed by atoms with Gasteiger partial charge in [-0.15, -0.1) is 11.3 Å². The number of carbonyl (C=O) groups is 2. The summed E-state index contributed by atoms with van der Waals surface area (Å²) in [6.45, 7) is 5.30. The third kappa shape index (κ3) is 6.03. The first-order valence-corrected chi connectivity index (χ1v) is 11.1. The molecule has 164 valence electrons. The Hall–Kier alpha value is -3.47. The van der Waals surface area contributed by atoms with Crippen molar-refractivity contribution in [3.05, 3.63) is 87.6 Å². The number of amides is 2. The van der Waals surface area contributed by atoms with Crippen LogP contribution in [0.2, 0.25) is 0 Å². The van der Waals surface area contributed by atoms with Crippen molar-refractivity contribution < 1.29 is 9.59 Å². The number of anilines is 1. The van der Waals surface area contributed by atoms with Gasteiger partial charge in [0.1, 0.15) is 0 Å². The summed E-state index contributed by atoms with van der Waals surface area (Å²) in [6.07, 6.45) is 0. The van der Waals surface area contributed by atoms with Crippen LogP contribution in [-0.2, 0) is 6.54 Å². The van der Waals surface area contributed by atoms with Crippen molar-refractivity contribution in [2.24, 2.45) is 11.1 Å². The van der Waals surface area contributed by atoms with E-state index >= 15 is 0 Å². The third-order valence-corrected chi connectivity index (χ3v) is 5.89. The summed E-state index contributed by atoms with van der Waals surface area (Å²) in [5.74, 6) is -0.295. The Morgan fingerprint density at radius 3 is 2.50 bits per heavy atom. The van der Waals surface area contributed by atoms with Gasteiger partial charge in [0.25, 0.3) is 11.8 Å². The lowest BCUT2D eigenvalue weighted by atomic mass is 9.92. The van der Waals surface area contributed by atoms with E-state index in [4.69, 9.17) is 11.0 Å². The molecule has 3 aromatic rings. The largest absolute Gasteiger partial charge is 0.334 e. The van der Waals surface area contributed by atoms with Gasteiger partial charge in [-0.3, -0.25) is 9.59 Å². The van der Waals surface area contributed by atoms with E-state index in [1.165, 1.54) is 11.3 Å². The van der Waals surface area contributed by atoms with Crippen LogP contribution in [0.25, 0.3) is 0 Å². The Balaban J connectivity index is 1.81. The smallest absolute Gasteiger partial charge is 0.265 e. The number of hydrogen-bond acceptors (Lipinski definition) is 5. The molecule has 0 radical (unpaired) electrons. The van der Waals surface area contributed by atoms with Gasteiger partial charge in [0.05, 0.1) is 16.5 Å². The number of carbonyl (C=O) groups excluding carboxylic acids is 2. The van der Waals surface area contributed by atoms with Crippen LogP contribution in [0.5, 0.6) is 0 Å². The van der Waals surface area contributed by atoms with Crippen molar-refractivity contribution >= 4 is 28.8 Å². The van der Waals surface area contributed by atoms with Gasteiger partial charge < -0.3 is 16.0 Å². The minimum Gasteiger partial charge on any atom is -0.334 e. The van der Waals surface area contributed by atoms with E-state index in [0.29, 0.717) is 41.3 Å². The molecule has 1 heterocycles. The molecule has 0 unspecified atom stereocenters. The van der Waals surface area contributed by atoms with E-state index in [2.05, 4.69) is 11.4 Å². The Morgan fingerprint density at radius 2 is 1.88 bits per heavy atom. The number of nitrogens with one attached hydrogen (secondary N) is 1. The monoisotopic (exact) mass is 446 g/mol. The van der Waals surface area contributed by atoms with E-state index < -0.39 is 0 Å². The quantitative estimate of drug-likeness (QED) is 0.532. The summed E-state index contributed by atoms with van der Waals surface area (Å²) in [5.41, 5.74) is 8.24. The number of nitriles is 1. The second-order valence-electron chi connectivity index (χ2n) is 8.35. The third-order valence-electron chi connectivity index (χ3n) is 5.02. The lowest BCUT2D eigenvalue weighted by molar-refractivity contribution is 0.0673. The number of hydrogen-bond donors (Lipinski definition) is 2. The zero-order chi connectivity index (χ0) is 23.1. The van der Waals surface area contributed by atoms with Crippen molar-refractivity contribution in [3.63, 3.8) is 0 Å². The van der Waals surface area contributed by atoms with Crippen molar-refractivity contribution in [3.8, 4) is 6.07 Å². The first-order chi connectivity index (χ1) is 15.3. The van der Waals surface area contributed by atoms with Crippen molar-refractivity contribution in [1.29, 1.82) is 5.26 Å². The fraction of sp³-hybridized carbons (Fsp3) is 0.240. The lowest BCUT2D eigenvalue weighted by Gasteiger charge is -2.32. The van der Waals surface area contributed by atoms with Gasteiger partial charge in [0, 0.05) is 24.3 Å². The van der Waals surface area contributed by atoms with Gasteiger partial charge >= 0.3 is 0 Å². The molecule has 0 bridgehead atoms. The molecule has 0 atom stereocenters. The highest BCUT2D eigenvalue weighted by Gasteiger charge is 2.25. The molecule has 0 spiro atoms. The first kappa shape index (κ1) is 23.2. The van der Waals surface area contributed by atoms with E-state index in [-0.39, 0.29) is 17.2 Å². The van der Waals surface area contributed by atoms with Gasteiger partial charge in [-0.25, -0.2) is 0 Å². The van der Waals surface area contributed by atoms with Crippen LogP contribution < -0.4 is 11.1 Å². The van der Waals surface area contributed by atoms with Crippen LogP contribution in [0, 0.1) is 16.7 Å². The molecule has 3 rings (SSSR count). The number of thiophene rings is 1. The Kier molecular flexibility index (Phi) is 7.41. The van der Waals surface area contributed by atoms with E-state index in [1.54, 1.807) is 35.2 Å². The summed E-state index contributed by atoms with van der Waals surface area (Å²) in [7, 11) is 0. The fourth-order valence-electron chi connectivity index (χ4n) is 3.22. The number of benzene rings is 2. The maximum atomic E-state index is 13.3. The molecule has 0 saturated heterocycles. The zero-order valence-corrected chi connectivity index (χ0v) is 19.0. The number of nitrogens with zero attached hydrogens (tertiary/aromatic N) is 2. The predicted molar refractivity (Wildman–Crippen MR) is 127 cm³/mol. The van der Waals surface area contributed by atoms with Crippen LogP contribution in [0.1, 0.15) is 45.0 Å². The molecule has 7 heteroatoms. The number of rotatable bonds is 8. The SMILES string of the molecule is CC(C)(CN)CN(Cc1cccc(NC(=O)c2cccs2)c1)C(=O)c1ccc(C#N)cc1. The van der Waals surface area contributed by atoms with Crippen molar-refractivity contribution in [2.45, 2.75) is 20.4 Å². The highest BCUT2D eigenvalue weighted by molar-refractivity contribution is 7.12. The van der Waals surface area contributed by atoms with Crippen molar-refractivity contribution in [1.82, 2.24) is 4.90 Å². The van der Waals surface area contributed by atoms with Crippen LogP contribution in [-0.4, -0.2) is 29.8 Å². The summed E-state index contributed by atoms with van der Waals surface area (Å²) in [4.78, 5) is 28.1. The van der Waals surface area contributed by atoms with Crippen molar-refractivity contribution in [2.75, 3.05) is 18.4 Å². The molecule has 0 aliphatic carbocycles. The highest BCUT2D eigenvalue weighted by atomic mass is 32.1. The molecule has 32 heavy (non-hydrogen) atoms. The maximum Gasteiger partial charge on any atom is 0.265 e. The standard InChI is InChI=1S/C25H26N4O2S/c1-25(2,16-27)17-29(24(31)20-10-8-18(14-26)9-11-20)15-19-5-3-6-21(13-19)28-23(30)22-7-4-12-32-22/h3-13H,15-17,27H2,1-2H3,(H,28,30). The van der Waals surface area contributed by atoms with Crippen LogP contribution in [0.15, 0.2) is 66.0 Å².